The maximum absolute atomic E-state index is 11.7. The minimum atomic E-state index is -0.0451. The van der Waals surface area contributed by atoms with Gasteiger partial charge < -0.3 is 15.5 Å². The molecule has 0 unspecified atom stereocenters. The van der Waals surface area contributed by atoms with Gasteiger partial charge in [0, 0.05) is 30.4 Å². The van der Waals surface area contributed by atoms with Gasteiger partial charge in [0.25, 0.3) is 0 Å². The fourth-order valence-corrected chi connectivity index (χ4v) is 3.16. The van der Waals surface area contributed by atoms with Crippen LogP contribution in [0, 0.1) is 5.92 Å². The molecule has 0 radical (unpaired) electrons. The van der Waals surface area contributed by atoms with Crippen molar-refractivity contribution in [2.45, 2.75) is 52.5 Å². The van der Waals surface area contributed by atoms with Gasteiger partial charge in [-0.1, -0.05) is 13.8 Å². The van der Waals surface area contributed by atoms with Gasteiger partial charge in [-0.15, -0.1) is 0 Å². The van der Waals surface area contributed by atoms with Gasteiger partial charge in [0.15, 0.2) is 5.11 Å². The average Bonchev–Trinajstić information content (AvgIpc) is 2.47. The molecule has 2 rings (SSSR count). The van der Waals surface area contributed by atoms with E-state index < -0.39 is 0 Å². The van der Waals surface area contributed by atoms with Crippen molar-refractivity contribution in [3.05, 3.63) is 24.3 Å². The molecule has 5 heteroatoms. The quantitative estimate of drug-likeness (QED) is 0.820. The molecule has 1 saturated heterocycles. The van der Waals surface area contributed by atoms with Crippen LogP contribution in [-0.2, 0) is 4.79 Å². The van der Waals surface area contributed by atoms with E-state index in [1.54, 1.807) is 0 Å². The maximum atomic E-state index is 11.7. The molecule has 1 aromatic carbocycles. The number of hydrogen-bond acceptors (Lipinski definition) is 3. The maximum Gasteiger partial charge on any atom is 0.226 e. The number of hydrogen-bond donors (Lipinski definition) is 2. The van der Waals surface area contributed by atoms with Gasteiger partial charge in [-0.25, -0.2) is 0 Å². The zero-order valence-electron chi connectivity index (χ0n) is 14.3. The summed E-state index contributed by atoms with van der Waals surface area (Å²) in [7, 11) is 0. The van der Waals surface area contributed by atoms with Crippen LogP contribution in [0.1, 0.15) is 46.5 Å². The lowest BCUT2D eigenvalue weighted by Crippen LogP contribution is -2.37. The lowest BCUT2D eigenvalue weighted by Gasteiger charge is -2.35. The van der Waals surface area contributed by atoms with Crippen molar-refractivity contribution in [2.24, 2.45) is 5.92 Å². The second-order valence-electron chi connectivity index (χ2n) is 6.69. The third kappa shape index (κ3) is 5.50. The summed E-state index contributed by atoms with van der Waals surface area (Å²) in [5.74, 6) is 0.278. The number of anilines is 2. The summed E-state index contributed by atoms with van der Waals surface area (Å²) in [6.45, 7) is 7.43. The van der Waals surface area contributed by atoms with Crippen LogP contribution in [-0.4, -0.2) is 23.6 Å². The number of carbonyl (C=O) groups is 1. The molecule has 0 bridgehead atoms. The number of nitrogens with one attached hydrogen (secondary N) is 2. The third-order valence-corrected chi connectivity index (χ3v) is 4.31. The summed E-state index contributed by atoms with van der Waals surface area (Å²) in [6, 6.07) is 8.85. The van der Waals surface area contributed by atoms with E-state index in [-0.39, 0.29) is 5.91 Å². The Labute approximate surface area is 144 Å². The molecule has 1 aliphatic rings. The number of amides is 1. The Morgan fingerprint density at radius 3 is 2.61 bits per heavy atom. The van der Waals surface area contributed by atoms with Crippen LogP contribution in [0.2, 0.25) is 0 Å². The molecule has 1 aliphatic heterocycles. The first-order valence-electron chi connectivity index (χ1n) is 8.43. The summed E-state index contributed by atoms with van der Waals surface area (Å²) >= 11 is 5.19. The van der Waals surface area contributed by atoms with E-state index in [2.05, 4.69) is 34.6 Å². The molecule has 4 nitrogen and oxygen atoms in total. The van der Waals surface area contributed by atoms with E-state index in [0.717, 1.165) is 12.2 Å². The summed E-state index contributed by atoms with van der Waals surface area (Å²) < 4.78 is 0. The lowest BCUT2D eigenvalue weighted by atomic mass is 10.0. The van der Waals surface area contributed by atoms with Crippen LogP contribution in [0.5, 0.6) is 0 Å². The van der Waals surface area contributed by atoms with Gasteiger partial charge in [-0.3, -0.25) is 4.79 Å². The van der Waals surface area contributed by atoms with Gasteiger partial charge in [-0.05, 0) is 68.6 Å². The topological polar surface area (TPSA) is 44.4 Å². The molecular formula is C18H27N3OS. The summed E-state index contributed by atoms with van der Waals surface area (Å²) in [5, 5.41) is 6.14. The molecule has 1 aromatic rings. The van der Waals surface area contributed by atoms with Crippen LogP contribution in [0.3, 0.4) is 0 Å². The lowest BCUT2D eigenvalue weighted by molar-refractivity contribution is -0.120. The Bertz CT molecular complexity index is 542. The fraction of sp³-hybridized carbons (Fsp3) is 0.556. The van der Waals surface area contributed by atoms with Gasteiger partial charge >= 0.3 is 0 Å². The molecule has 1 amide bonds. The van der Waals surface area contributed by atoms with Crippen molar-refractivity contribution in [3.8, 4) is 0 Å². The predicted molar refractivity (Wildman–Crippen MR) is 101 cm³/mol. The number of benzene rings is 1. The fourth-order valence-electron chi connectivity index (χ4n) is 2.93. The summed E-state index contributed by atoms with van der Waals surface area (Å²) in [5.41, 5.74) is 2.14. The van der Waals surface area contributed by atoms with E-state index in [0.29, 0.717) is 23.5 Å². The van der Waals surface area contributed by atoms with Crippen molar-refractivity contribution in [2.75, 3.05) is 16.8 Å². The Hall–Kier alpha value is -1.62. The van der Waals surface area contributed by atoms with E-state index in [1.807, 2.05) is 26.0 Å². The number of rotatable bonds is 4. The number of nitrogens with zero attached hydrogens (tertiary/aromatic N) is 1. The highest BCUT2D eigenvalue weighted by molar-refractivity contribution is 7.80. The van der Waals surface area contributed by atoms with Gasteiger partial charge in [0.1, 0.15) is 0 Å². The Morgan fingerprint density at radius 2 is 2.00 bits per heavy atom. The number of piperidine rings is 1. The number of carbonyl (C=O) groups excluding carboxylic acids is 1. The van der Waals surface area contributed by atoms with Crippen LogP contribution >= 0.6 is 12.2 Å². The summed E-state index contributed by atoms with van der Waals surface area (Å²) in [4.78, 5) is 14.2. The normalized spacial score (nSPS) is 17.9. The average molecular weight is 334 g/mol. The van der Waals surface area contributed by atoms with Crippen molar-refractivity contribution in [1.82, 2.24) is 5.32 Å². The Balaban J connectivity index is 1.89. The first-order valence-corrected chi connectivity index (χ1v) is 8.84. The van der Waals surface area contributed by atoms with Crippen molar-refractivity contribution < 1.29 is 4.79 Å². The van der Waals surface area contributed by atoms with E-state index in [1.165, 1.54) is 24.9 Å². The van der Waals surface area contributed by atoms with Gasteiger partial charge in [0.2, 0.25) is 5.91 Å². The molecule has 0 saturated carbocycles. The van der Waals surface area contributed by atoms with E-state index in [9.17, 15) is 4.79 Å². The Kier molecular flexibility index (Phi) is 6.39. The highest BCUT2D eigenvalue weighted by Gasteiger charge is 2.18. The molecule has 1 heterocycles. The van der Waals surface area contributed by atoms with Gasteiger partial charge in [-0.2, -0.15) is 0 Å². The molecule has 23 heavy (non-hydrogen) atoms. The first kappa shape index (κ1) is 17.7. The molecule has 0 spiro atoms. The molecule has 0 aliphatic carbocycles. The zero-order chi connectivity index (χ0) is 16.8. The Morgan fingerprint density at radius 1 is 1.30 bits per heavy atom. The van der Waals surface area contributed by atoms with E-state index in [4.69, 9.17) is 12.2 Å². The largest absolute Gasteiger partial charge is 0.369 e. The standard InChI is InChI=1S/C18H27N3OS/c1-13(2)12-17(22)20-18(23)19-15-7-9-16(10-8-15)21-11-5-4-6-14(21)3/h7-10,13-14H,4-6,11-12H2,1-3H3,(H2,19,20,22,23)/t14-/m0/s1. The first-order chi connectivity index (χ1) is 11.0. The van der Waals surface area contributed by atoms with Crippen molar-refractivity contribution in [3.63, 3.8) is 0 Å². The molecule has 1 fully saturated rings. The molecular weight excluding hydrogens is 306 g/mol. The molecule has 2 N–H and O–H groups in total. The van der Waals surface area contributed by atoms with Gasteiger partial charge in [0.05, 0.1) is 0 Å². The highest BCUT2D eigenvalue weighted by atomic mass is 32.1. The minimum Gasteiger partial charge on any atom is -0.369 e. The highest BCUT2D eigenvalue weighted by Crippen LogP contribution is 2.25. The van der Waals surface area contributed by atoms with E-state index >= 15 is 0 Å². The minimum absolute atomic E-state index is 0.0451. The SMILES string of the molecule is CC(C)CC(=O)NC(=S)Nc1ccc(N2CCCC[C@@H]2C)cc1. The third-order valence-electron chi connectivity index (χ3n) is 4.11. The van der Waals surface area contributed by atoms with Crippen molar-refractivity contribution >= 4 is 34.6 Å². The van der Waals surface area contributed by atoms with Crippen LogP contribution in [0.25, 0.3) is 0 Å². The zero-order valence-corrected chi connectivity index (χ0v) is 15.1. The monoisotopic (exact) mass is 333 g/mol. The molecule has 126 valence electrons. The van der Waals surface area contributed by atoms with Crippen LogP contribution < -0.4 is 15.5 Å². The van der Waals surface area contributed by atoms with Crippen LogP contribution in [0.15, 0.2) is 24.3 Å². The molecule has 0 aromatic heterocycles. The predicted octanol–water partition coefficient (Wildman–Crippen LogP) is 3.92. The van der Waals surface area contributed by atoms with Crippen LogP contribution in [0.4, 0.5) is 11.4 Å². The molecule has 1 atom stereocenters. The summed E-state index contributed by atoms with van der Waals surface area (Å²) in [6.07, 6.45) is 4.32. The second-order valence-corrected chi connectivity index (χ2v) is 7.09. The van der Waals surface area contributed by atoms with Crippen molar-refractivity contribution in [1.29, 1.82) is 0 Å². The number of thiocarbonyl (C=S) groups is 1. The smallest absolute Gasteiger partial charge is 0.226 e. The second kappa shape index (κ2) is 8.29.